The number of aromatic nitrogens is 1. The predicted octanol–water partition coefficient (Wildman–Crippen LogP) is 3.74. The molecule has 1 aromatic rings. The van der Waals surface area contributed by atoms with Crippen molar-refractivity contribution in [2.45, 2.75) is 65.0 Å². The first kappa shape index (κ1) is 15.3. The Morgan fingerprint density at radius 2 is 1.75 bits per heavy atom. The zero-order valence-electron chi connectivity index (χ0n) is 13.3. The summed E-state index contributed by atoms with van der Waals surface area (Å²) >= 11 is 0. The van der Waals surface area contributed by atoms with Crippen LogP contribution in [0.2, 0.25) is 0 Å². The molecule has 0 amide bonds. The largest absolute Gasteiger partial charge is 0.370 e. The lowest BCUT2D eigenvalue weighted by Gasteiger charge is -2.29. The first-order chi connectivity index (χ1) is 9.56. The van der Waals surface area contributed by atoms with Crippen LogP contribution in [0.3, 0.4) is 0 Å². The first-order valence-corrected chi connectivity index (χ1v) is 7.99. The van der Waals surface area contributed by atoms with E-state index in [1.165, 1.54) is 56.4 Å². The van der Waals surface area contributed by atoms with Gasteiger partial charge in [-0.15, -0.1) is 0 Å². The van der Waals surface area contributed by atoms with E-state index in [0.29, 0.717) is 0 Å². The Kier molecular flexibility index (Phi) is 5.41. The lowest BCUT2D eigenvalue weighted by molar-refractivity contribution is 0.424. The lowest BCUT2D eigenvalue weighted by atomic mass is 10.1. The summed E-state index contributed by atoms with van der Waals surface area (Å²) in [5.74, 6) is 0. The summed E-state index contributed by atoms with van der Waals surface area (Å²) in [6.07, 6.45) is 10.7. The second-order valence-electron chi connectivity index (χ2n) is 6.86. The van der Waals surface area contributed by atoms with Crippen molar-refractivity contribution in [3.63, 3.8) is 0 Å². The third-order valence-corrected chi connectivity index (χ3v) is 3.89. The summed E-state index contributed by atoms with van der Waals surface area (Å²) in [4.78, 5) is 6.88. The maximum atomic E-state index is 4.35. The smallest absolute Gasteiger partial charge is 0.0598 e. The summed E-state index contributed by atoms with van der Waals surface area (Å²) in [7, 11) is 0. The zero-order valence-corrected chi connectivity index (χ0v) is 13.3. The van der Waals surface area contributed by atoms with E-state index in [9.17, 15) is 0 Å². The minimum Gasteiger partial charge on any atom is -0.370 e. The molecule has 1 aliphatic heterocycles. The molecule has 1 fully saturated rings. The molecule has 0 aliphatic carbocycles. The van der Waals surface area contributed by atoms with Crippen LogP contribution in [0.4, 0.5) is 5.69 Å². The van der Waals surface area contributed by atoms with E-state index in [0.717, 1.165) is 6.54 Å². The fraction of sp³-hybridized carbons (Fsp3) is 0.706. The van der Waals surface area contributed by atoms with Crippen molar-refractivity contribution in [1.29, 1.82) is 0 Å². The van der Waals surface area contributed by atoms with Crippen LogP contribution < -0.4 is 10.2 Å². The zero-order chi connectivity index (χ0) is 14.4. The summed E-state index contributed by atoms with van der Waals surface area (Å²) in [5.41, 5.74) is 2.85. The molecule has 1 aliphatic rings. The molecule has 0 aromatic carbocycles. The van der Waals surface area contributed by atoms with Gasteiger partial charge in [-0.3, -0.25) is 4.98 Å². The predicted molar refractivity (Wildman–Crippen MR) is 86.1 cm³/mol. The van der Waals surface area contributed by atoms with Crippen molar-refractivity contribution in [3.05, 3.63) is 24.0 Å². The van der Waals surface area contributed by atoms with E-state index < -0.39 is 0 Å². The fourth-order valence-corrected chi connectivity index (χ4v) is 2.70. The SMILES string of the molecule is CC(C)(C)NCc1ccncc1N1CCCCCCC1. The van der Waals surface area contributed by atoms with Gasteiger partial charge in [0.15, 0.2) is 0 Å². The molecule has 3 nitrogen and oxygen atoms in total. The van der Waals surface area contributed by atoms with Gasteiger partial charge in [-0.05, 0) is 45.2 Å². The summed E-state index contributed by atoms with van der Waals surface area (Å²) in [6, 6.07) is 2.16. The van der Waals surface area contributed by atoms with Gasteiger partial charge in [-0.25, -0.2) is 0 Å². The number of nitrogens with zero attached hydrogens (tertiary/aromatic N) is 2. The van der Waals surface area contributed by atoms with E-state index in [1.807, 2.05) is 12.4 Å². The van der Waals surface area contributed by atoms with Gasteiger partial charge < -0.3 is 10.2 Å². The van der Waals surface area contributed by atoms with Crippen LogP contribution >= 0.6 is 0 Å². The monoisotopic (exact) mass is 275 g/mol. The average molecular weight is 275 g/mol. The number of hydrogen-bond donors (Lipinski definition) is 1. The number of pyridine rings is 1. The minimum absolute atomic E-state index is 0.150. The standard InChI is InChI=1S/C17H29N3/c1-17(2,3)19-13-15-9-10-18-14-16(15)20-11-7-5-4-6-8-12-20/h9-10,14,19H,4-8,11-13H2,1-3H3. The van der Waals surface area contributed by atoms with Gasteiger partial charge in [0, 0.05) is 31.4 Å². The Labute approximate surface area is 123 Å². The van der Waals surface area contributed by atoms with Crippen LogP contribution in [-0.2, 0) is 6.54 Å². The molecular weight excluding hydrogens is 246 g/mol. The summed E-state index contributed by atoms with van der Waals surface area (Å²) < 4.78 is 0. The third kappa shape index (κ3) is 4.78. The number of anilines is 1. The van der Waals surface area contributed by atoms with E-state index in [2.05, 4.69) is 42.0 Å². The molecule has 20 heavy (non-hydrogen) atoms. The highest BCUT2D eigenvalue weighted by atomic mass is 15.1. The number of rotatable bonds is 3. The quantitative estimate of drug-likeness (QED) is 0.911. The normalized spacial score (nSPS) is 17.6. The van der Waals surface area contributed by atoms with Crippen LogP contribution in [0, 0.1) is 0 Å². The van der Waals surface area contributed by atoms with E-state index in [-0.39, 0.29) is 5.54 Å². The van der Waals surface area contributed by atoms with Crippen molar-refractivity contribution >= 4 is 5.69 Å². The van der Waals surface area contributed by atoms with Crippen molar-refractivity contribution in [1.82, 2.24) is 10.3 Å². The van der Waals surface area contributed by atoms with Gasteiger partial charge in [-0.2, -0.15) is 0 Å². The fourth-order valence-electron chi connectivity index (χ4n) is 2.70. The van der Waals surface area contributed by atoms with E-state index >= 15 is 0 Å². The molecule has 3 heteroatoms. The highest BCUT2D eigenvalue weighted by Gasteiger charge is 2.15. The van der Waals surface area contributed by atoms with Crippen molar-refractivity contribution in [3.8, 4) is 0 Å². The number of hydrogen-bond acceptors (Lipinski definition) is 3. The van der Waals surface area contributed by atoms with Crippen molar-refractivity contribution in [2.75, 3.05) is 18.0 Å². The summed E-state index contributed by atoms with van der Waals surface area (Å²) in [5, 5.41) is 3.59. The first-order valence-electron chi connectivity index (χ1n) is 7.99. The van der Waals surface area contributed by atoms with Crippen molar-refractivity contribution < 1.29 is 0 Å². The molecule has 1 N–H and O–H groups in total. The van der Waals surface area contributed by atoms with Crippen LogP contribution in [0.1, 0.15) is 58.4 Å². The third-order valence-electron chi connectivity index (χ3n) is 3.89. The maximum Gasteiger partial charge on any atom is 0.0598 e. The van der Waals surface area contributed by atoms with Crippen LogP contribution in [0.5, 0.6) is 0 Å². The molecule has 2 heterocycles. The average Bonchev–Trinajstić information content (AvgIpc) is 2.36. The highest BCUT2D eigenvalue weighted by molar-refractivity contribution is 5.51. The maximum absolute atomic E-state index is 4.35. The van der Waals surface area contributed by atoms with E-state index in [1.54, 1.807) is 0 Å². The molecule has 0 spiro atoms. The van der Waals surface area contributed by atoms with Gasteiger partial charge in [0.1, 0.15) is 0 Å². The Morgan fingerprint density at radius 1 is 1.10 bits per heavy atom. The second kappa shape index (κ2) is 7.07. The van der Waals surface area contributed by atoms with E-state index in [4.69, 9.17) is 0 Å². The summed E-state index contributed by atoms with van der Waals surface area (Å²) in [6.45, 7) is 9.90. The molecule has 0 unspecified atom stereocenters. The Balaban J connectivity index is 2.09. The van der Waals surface area contributed by atoms with Crippen molar-refractivity contribution in [2.24, 2.45) is 0 Å². The molecule has 112 valence electrons. The molecule has 2 rings (SSSR count). The molecule has 0 bridgehead atoms. The molecule has 0 saturated carbocycles. The lowest BCUT2D eigenvalue weighted by Crippen LogP contribution is -2.36. The Bertz CT molecular complexity index is 401. The molecule has 1 saturated heterocycles. The van der Waals surface area contributed by atoms with Crippen LogP contribution in [0.25, 0.3) is 0 Å². The topological polar surface area (TPSA) is 28.2 Å². The Hall–Kier alpha value is -1.09. The second-order valence-corrected chi connectivity index (χ2v) is 6.86. The van der Waals surface area contributed by atoms with Gasteiger partial charge in [0.05, 0.1) is 11.9 Å². The molecule has 1 aromatic heterocycles. The Morgan fingerprint density at radius 3 is 2.40 bits per heavy atom. The van der Waals surface area contributed by atoms with Crippen LogP contribution in [-0.4, -0.2) is 23.6 Å². The molecular formula is C17H29N3. The van der Waals surface area contributed by atoms with Crippen LogP contribution in [0.15, 0.2) is 18.5 Å². The minimum atomic E-state index is 0.150. The van der Waals surface area contributed by atoms with Gasteiger partial charge in [0.2, 0.25) is 0 Å². The molecule has 0 atom stereocenters. The van der Waals surface area contributed by atoms with Gasteiger partial charge in [-0.1, -0.05) is 19.3 Å². The number of nitrogens with one attached hydrogen (secondary N) is 1. The van der Waals surface area contributed by atoms with Gasteiger partial charge in [0.25, 0.3) is 0 Å². The highest BCUT2D eigenvalue weighted by Crippen LogP contribution is 2.23. The van der Waals surface area contributed by atoms with Gasteiger partial charge >= 0.3 is 0 Å². The molecule has 0 radical (unpaired) electrons.